The van der Waals surface area contributed by atoms with E-state index in [2.05, 4.69) is 26.0 Å². The summed E-state index contributed by atoms with van der Waals surface area (Å²) in [6.07, 6.45) is 3.33. The molecule has 0 radical (unpaired) electrons. The number of hydrogen-bond donors (Lipinski definition) is 2. The van der Waals surface area contributed by atoms with Crippen LogP contribution < -0.4 is 0 Å². The number of hydrogen-bond acceptors (Lipinski definition) is 5. The molecule has 0 heterocycles. The molecule has 0 aliphatic heterocycles. The molecule has 2 aliphatic rings. The topological polar surface area (TPSA) is 66.8 Å². The maximum atomic E-state index is 13.5. The van der Waals surface area contributed by atoms with Crippen LogP contribution in [0.1, 0.15) is 81.2 Å². The van der Waals surface area contributed by atoms with Crippen molar-refractivity contribution in [2.75, 3.05) is 7.11 Å². The van der Waals surface area contributed by atoms with Crippen molar-refractivity contribution < 1.29 is 19.7 Å². The first-order valence-corrected chi connectivity index (χ1v) is 12.4. The number of phenols is 2. The van der Waals surface area contributed by atoms with Crippen LogP contribution in [0.2, 0.25) is 0 Å². The molecule has 2 aromatic rings. The molecule has 4 nitrogen and oxygen atoms in total. The number of thioether (sulfide) groups is 1. The van der Waals surface area contributed by atoms with Crippen molar-refractivity contribution in [1.82, 2.24) is 0 Å². The number of rotatable bonds is 4. The Morgan fingerprint density at radius 2 is 1.81 bits per heavy atom. The van der Waals surface area contributed by atoms with Crippen LogP contribution in [0.25, 0.3) is 0 Å². The van der Waals surface area contributed by atoms with Gasteiger partial charge in [0.25, 0.3) is 0 Å². The van der Waals surface area contributed by atoms with Gasteiger partial charge in [-0.3, -0.25) is 4.79 Å². The van der Waals surface area contributed by atoms with E-state index in [9.17, 15) is 15.0 Å². The molecule has 172 valence electrons. The summed E-state index contributed by atoms with van der Waals surface area (Å²) in [5.74, 6) is -0.498. The van der Waals surface area contributed by atoms with E-state index >= 15 is 0 Å². The maximum absolute atomic E-state index is 13.5. The summed E-state index contributed by atoms with van der Waals surface area (Å²) in [5, 5.41) is 22.5. The third kappa shape index (κ3) is 3.49. The highest BCUT2D eigenvalue weighted by atomic mass is 32.2. The van der Waals surface area contributed by atoms with Crippen molar-refractivity contribution in [3.05, 3.63) is 53.1 Å². The van der Waals surface area contributed by atoms with Crippen LogP contribution in [-0.4, -0.2) is 23.3 Å². The van der Waals surface area contributed by atoms with E-state index in [1.807, 2.05) is 38.1 Å². The van der Waals surface area contributed by atoms with Gasteiger partial charge in [-0.2, -0.15) is 0 Å². The lowest BCUT2D eigenvalue weighted by atomic mass is 9.49. The molecule has 0 aromatic heterocycles. The van der Waals surface area contributed by atoms with Crippen LogP contribution in [0.5, 0.6) is 11.5 Å². The van der Waals surface area contributed by atoms with E-state index < -0.39 is 5.41 Å². The lowest BCUT2D eigenvalue weighted by Crippen LogP contribution is -2.55. The molecule has 0 spiro atoms. The molecule has 3 atom stereocenters. The average Bonchev–Trinajstić information content (AvgIpc) is 2.76. The van der Waals surface area contributed by atoms with E-state index in [1.54, 1.807) is 11.8 Å². The first kappa shape index (κ1) is 23.0. The van der Waals surface area contributed by atoms with E-state index in [4.69, 9.17) is 4.74 Å². The van der Waals surface area contributed by atoms with Gasteiger partial charge in [0, 0.05) is 21.3 Å². The molecule has 1 unspecified atom stereocenters. The summed E-state index contributed by atoms with van der Waals surface area (Å²) in [6, 6.07) is 12.3. The van der Waals surface area contributed by atoms with Gasteiger partial charge in [-0.05, 0) is 54.2 Å². The molecule has 2 N–H and O–H groups in total. The Hall–Kier alpha value is -2.14. The van der Waals surface area contributed by atoms with Gasteiger partial charge in [-0.1, -0.05) is 58.4 Å². The minimum atomic E-state index is -0.948. The Morgan fingerprint density at radius 1 is 1.12 bits per heavy atom. The largest absolute Gasteiger partial charge is 0.504 e. The zero-order valence-electron chi connectivity index (χ0n) is 19.6. The molecule has 5 heteroatoms. The van der Waals surface area contributed by atoms with Gasteiger partial charge in [0.15, 0.2) is 11.5 Å². The number of benzene rings is 2. The third-order valence-electron chi connectivity index (χ3n) is 7.70. The first-order valence-electron chi connectivity index (χ1n) is 11.5. The van der Waals surface area contributed by atoms with Crippen molar-refractivity contribution in [3.63, 3.8) is 0 Å². The van der Waals surface area contributed by atoms with Gasteiger partial charge in [-0.25, -0.2) is 0 Å². The highest BCUT2D eigenvalue weighted by Gasteiger charge is 2.61. The SMILES string of the molecule is COC(=O)[C@]12CCCC(C)(C)[C@@H]1CC(Sc1ccccc1)c1cc(C(C)C)c(O)c(O)c12. The fourth-order valence-electron chi connectivity index (χ4n) is 6.17. The van der Waals surface area contributed by atoms with E-state index in [0.717, 1.165) is 29.7 Å². The van der Waals surface area contributed by atoms with Crippen LogP contribution in [0, 0.1) is 11.3 Å². The Balaban J connectivity index is 2.00. The second-order valence-corrected chi connectivity index (χ2v) is 11.6. The zero-order valence-corrected chi connectivity index (χ0v) is 20.5. The van der Waals surface area contributed by atoms with Crippen LogP contribution in [0.4, 0.5) is 0 Å². The van der Waals surface area contributed by atoms with Crippen LogP contribution in [0.15, 0.2) is 41.3 Å². The van der Waals surface area contributed by atoms with Crippen LogP contribution in [-0.2, 0) is 14.9 Å². The monoisotopic (exact) mass is 454 g/mol. The number of phenolic OH excluding ortho intramolecular Hbond substituents is 2. The Bertz CT molecular complexity index is 1010. The van der Waals surface area contributed by atoms with Gasteiger partial charge in [0.1, 0.15) is 5.41 Å². The highest BCUT2D eigenvalue weighted by molar-refractivity contribution is 7.99. The fraction of sp³-hybridized carbons (Fsp3) is 0.519. The van der Waals surface area contributed by atoms with Gasteiger partial charge >= 0.3 is 5.97 Å². The molecule has 1 saturated carbocycles. The Morgan fingerprint density at radius 3 is 2.44 bits per heavy atom. The highest BCUT2D eigenvalue weighted by Crippen LogP contribution is 2.65. The Labute approximate surface area is 195 Å². The lowest BCUT2D eigenvalue weighted by Gasteiger charge is -2.55. The number of esters is 1. The van der Waals surface area contributed by atoms with E-state index in [0.29, 0.717) is 17.5 Å². The number of fused-ring (bicyclic) bond motifs is 3. The number of aromatic hydroxyl groups is 2. The van der Waals surface area contributed by atoms with Crippen molar-refractivity contribution >= 4 is 17.7 Å². The minimum Gasteiger partial charge on any atom is -0.504 e. The molecule has 0 amide bonds. The predicted molar refractivity (Wildman–Crippen MR) is 128 cm³/mol. The van der Waals surface area contributed by atoms with Crippen molar-refractivity contribution in [3.8, 4) is 11.5 Å². The lowest BCUT2D eigenvalue weighted by molar-refractivity contribution is -0.156. The van der Waals surface area contributed by atoms with Gasteiger partial charge in [-0.15, -0.1) is 11.8 Å². The second kappa shape index (κ2) is 8.33. The molecule has 4 rings (SSSR count). The summed E-state index contributed by atoms with van der Waals surface area (Å²) in [5.41, 5.74) is 1.21. The van der Waals surface area contributed by atoms with Gasteiger partial charge in [0.05, 0.1) is 7.11 Å². The standard InChI is InChI=1S/C27H34O4S/c1-16(2)18-14-19-20(32-17-10-7-6-8-11-17)15-21-26(3,4)12-9-13-27(21,25(30)31-5)22(19)24(29)23(18)28/h6-8,10-11,14,16,20-21,28-29H,9,12-13,15H2,1-5H3/t20?,21-,27+/m0/s1. The molecule has 0 bridgehead atoms. The number of ether oxygens (including phenoxy) is 1. The van der Waals surface area contributed by atoms with Crippen molar-refractivity contribution in [2.24, 2.45) is 11.3 Å². The summed E-state index contributed by atoms with van der Waals surface area (Å²) < 4.78 is 5.39. The maximum Gasteiger partial charge on any atom is 0.316 e. The Kier molecular flexibility index (Phi) is 6.00. The molecule has 0 saturated heterocycles. The minimum absolute atomic E-state index is 0.000104. The molecule has 2 aromatic carbocycles. The third-order valence-corrected chi connectivity index (χ3v) is 8.98. The van der Waals surface area contributed by atoms with Crippen LogP contribution >= 0.6 is 11.8 Å². The van der Waals surface area contributed by atoms with Gasteiger partial charge in [0.2, 0.25) is 0 Å². The first-order chi connectivity index (χ1) is 15.1. The number of carbonyl (C=O) groups excluding carboxylic acids is 1. The summed E-state index contributed by atoms with van der Waals surface area (Å²) in [7, 11) is 1.43. The molecule has 1 fully saturated rings. The number of methoxy groups -OCH3 is 1. The fourth-order valence-corrected chi connectivity index (χ4v) is 7.41. The average molecular weight is 455 g/mol. The second-order valence-electron chi connectivity index (χ2n) is 10.3. The smallest absolute Gasteiger partial charge is 0.316 e. The van der Waals surface area contributed by atoms with Crippen molar-refractivity contribution in [2.45, 2.75) is 74.9 Å². The summed E-state index contributed by atoms with van der Waals surface area (Å²) in [6.45, 7) is 8.46. The van der Waals surface area contributed by atoms with Gasteiger partial charge < -0.3 is 14.9 Å². The quantitative estimate of drug-likeness (QED) is 0.398. The molecule has 32 heavy (non-hydrogen) atoms. The normalized spacial score (nSPS) is 26.3. The summed E-state index contributed by atoms with van der Waals surface area (Å²) >= 11 is 1.77. The zero-order chi connectivity index (χ0) is 23.3. The predicted octanol–water partition coefficient (Wildman–Crippen LogP) is 6.70. The van der Waals surface area contributed by atoms with Crippen molar-refractivity contribution in [1.29, 1.82) is 0 Å². The summed E-state index contributed by atoms with van der Waals surface area (Å²) in [4.78, 5) is 14.7. The molecule has 2 aliphatic carbocycles. The molecular formula is C27H34O4S. The van der Waals surface area contributed by atoms with E-state index in [-0.39, 0.29) is 40.0 Å². The molecular weight excluding hydrogens is 420 g/mol. The van der Waals surface area contributed by atoms with Crippen LogP contribution in [0.3, 0.4) is 0 Å². The van der Waals surface area contributed by atoms with E-state index in [1.165, 1.54) is 7.11 Å². The number of carbonyl (C=O) groups is 1.